The molecule has 1 atom stereocenters. The highest BCUT2D eigenvalue weighted by molar-refractivity contribution is 7.17. The zero-order chi connectivity index (χ0) is 29.1. The second kappa shape index (κ2) is 11.9. The van der Waals surface area contributed by atoms with E-state index >= 15 is 0 Å². The second-order valence-electron chi connectivity index (χ2n) is 10.8. The Morgan fingerprint density at radius 2 is 1.98 bits per heavy atom. The predicted molar refractivity (Wildman–Crippen MR) is 162 cm³/mol. The first-order valence-electron chi connectivity index (χ1n) is 13.5. The summed E-state index contributed by atoms with van der Waals surface area (Å²) in [6.07, 6.45) is 5.31. The van der Waals surface area contributed by atoms with Gasteiger partial charge in [0.2, 0.25) is 0 Å². The van der Waals surface area contributed by atoms with Gasteiger partial charge in [0.25, 0.3) is 0 Å². The van der Waals surface area contributed by atoms with Crippen LogP contribution in [0.15, 0.2) is 51.0 Å². The van der Waals surface area contributed by atoms with Crippen LogP contribution >= 0.6 is 11.3 Å². The molecule has 1 aromatic carbocycles. The van der Waals surface area contributed by atoms with Crippen molar-refractivity contribution in [2.24, 2.45) is 15.9 Å². The summed E-state index contributed by atoms with van der Waals surface area (Å²) in [7, 11) is 3.22. The van der Waals surface area contributed by atoms with Crippen LogP contribution in [0.3, 0.4) is 0 Å². The fourth-order valence-electron chi connectivity index (χ4n) is 4.47. The molecule has 0 bridgehead atoms. The number of fused-ring (bicyclic) bond motifs is 3. The Labute approximate surface area is 242 Å². The maximum absolute atomic E-state index is 12.5. The van der Waals surface area contributed by atoms with Crippen molar-refractivity contribution in [3.63, 3.8) is 0 Å². The van der Waals surface area contributed by atoms with Gasteiger partial charge in [-0.15, -0.1) is 11.3 Å². The number of carbonyl (C=O) groups is 1. The highest BCUT2D eigenvalue weighted by Gasteiger charge is 2.24. The van der Waals surface area contributed by atoms with E-state index in [1.807, 2.05) is 57.4 Å². The average Bonchev–Trinajstić information content (AvgIpc) is 3.63. The van der Waals surface area contributed by atoms with Crippen molar-refractivity contribution in [1.29, 1.82) is 0 Å². The molecule has 2 N–H and O–H groups in total. The molecule has 1 unspecified atom stereocenters. The minimum Gasteiger partial charge on any atom is -0.359 e. The molecule has 0 aliphatic carbocycles. The van der Waals surface area contributed by atoms with Crippen LogP contribution in [0.5, 0.6) is 0 Å². The maximum atomic E-state index is 12.5. The molecule has 0 saturated carbocycles. The fraction of sp³-hybridized carbons (Fsp3) is 0.414. The summed E-state index contributed by atoms with van der Waals surface area (Å²) in [6.45, 7) is 8.60. The van der Waals surface area contributed by atoms with Crippen LogP contribution in [0, 0.1) is 5.92 Å². The van der Waals surface area contributed by atoms with E-state index in [2.05, 4.69) is 27.1 Å². The van der Waals surface area contributed by atoms with E-state index in [0.717, 1.165) is 40.6 Å². The first kappa shape index (κ1) is 28.7. The maximum Gasteiger partial charge on any atom is 0.324 e. The summed E-state index contributed by atoms with van der Waals surface area (Å²) in [5, 5.41) is 9.45. The molecule has 4 heterocycles. The average molecular weight is 578 g/mol. The number of urea groups is 1. The third kappa shape index (κ3) is 6.39. The number of nitrogens with one attached hydrogen (secondary N) is 2. The summed E-state index contributed by atoms with van der Waals surface area (Å²) in [5.41, 5.74) is 3.26. The van der Waals surface area contributed by atoms with E-state index in [-0.39, 0.29) is 17.6 Å². The third-order valence-electron chi connectivity index (χ3n) is 6.90. The van der Waals surface area contributed by atoms with Gasteiger partial charge in [0.05, 0.1) is 24.1 Å². The lowest BCUT2D eigenvalue weighted by Crippen LogP contribution is -2.20. The molecular weight excluding hydrogens is 542 g/mol. The Morgan fingerprint density at radius 1 is 1.22 bits per heavy atom. The van der Waals surface area contributed by atoms with Gasteiger partial charge in [-0.05, 0) is 25.0 Å². The second-order valence-corrected chi connectivity index (χ2v) is 11.9. The molecule has 0 radical (unpaired) electrons. The van der Waals surface area contributed by atoms with Crippen LogP contribution < -0.4 is 10.6 Å². The van der Waals surface area contributed by atoms with Gasteiger partial charge in [0.15, 0.2) is 17.1 Å². The number of aromatic nitrogens is 3. The minimum atomic E-state index is -0.399. The number of benzene rings is 1. The number of imidazole rings is 1. The molecule has 0 spiro atoms. The molecule has 2 amide bonds. The number of nitrogens with zero attached hydrogens (tertiary/aromatic N) is 5. The number of hydrogen-bond acceptors (Lipinski definition) is 8. The summed E-state index contributed by atoms with van der Waals surface area (Å²) < 4.78 is 18.0. The topological polar surface area (TPSA) is 128 Å². The van der Waals surface area contributed by atoms with E-state index in [1.165, 1.54) is 4.88 Å². The smallest absolute Gasteiger partial charge is 0.324 e. The van der Waals surface area contributed by atoms with Gasteiger partial charge in [-0.1, -0.05) is 45.0 Å². The van der Waals surface area contributed by atoms with Crippen LogP contribution in [0.1, 0.15) is 50.4 Å². The van der Waals surface area contributed by atoms with Gasteiger partial charge < -0.3 is 19.3 Å². The van der Waals surface area contributed by atoms with Gasteiger partial charge >= 0.3 is 6.03 Å². The zero-order valence-corrected chi connectivity index (χ0v) is 24.9. The minimum absolute atomic E-state index is 0.195. The Hall–Kier alpha value is -3.87. The zero-order valence-electron chi connectivity index (χ0n) is 24.1. The quantitative estimate of drug-likeness (QED) is 0.247. The lowest BCUT2D eigenvalue weighted by Gasteiger charge is -2.14. The van der Waals surface area contributed by atoms with E-state index in [9.17, 15) is 4.79 Å². The molecule has 0 fully saturated rings. The van der Waals surface area contributed by atoms with E-state index in [4.69, 9.17) is 29.0 Å². The van der Waals surface area contributed by atoms with Gasteiger partial charge in [0, 0.05) is 53.9 Å². The number of methoxy groups -OCH3 is 2. The van der Waals surface area contributed by atoms with Gasteiger partial charge in [-0.3, -0.25) is 14.7 Å². The van der Waals surface area contributed by atoms with Crippen LogP contribution in [0.25, 0.3) is 16.2 Å². The van der Waals surface area contributed by atoms with Crippen LogP contribution in [0.2, 0.25) is 0 Å². The van der Waals surface area contributed by atoms with Crippen molar-refractivity contribution in [3.8, 4) is 11.3 Å². The fourth-order valence-corrected chi connectivity index (χ4v) is 5.63. The molecule has 1 aliphatic heterocycles. The summed E-state index contributed by atoms with van der Waals surface area (Å²) in [6, 6.07) is 8.88. The lowest BCUT2D eigenvalue weighted by atomic mass is 9.93. The van der Waals surface area contributed by atoms with E-state index in [1.54, 1.807) is 31.6 Å². The van der Waals surface area contributed by atoms with Crippen molar-refractivity contribution in [2.45, 2.75) is 52.2 Å². The molecule has 4 aromatic rings. The van der Waals surface area contributed by atoms with Crippen LogP contribution in [-0.4, -0.2) is 59.7 Å². The number of aliphatic imine (C=N–C) groups is 2. The van der Waals surface area contributed by atoms with Crippen LogP contribution in [-0.2, 0) is 21.3 Å². The number of ether oxygens (including phenoxy) is 2. The van der Waals surface area contributed by atoms with E-state index < -0.39 is 6.03 Å². The van der Waals surface area contributed by atoms with Crippen molar-refractivity contribution in [1.82, 2.24) is 14.5 Å². The van der Waals surface area contributed by atoms with Gasteiger partial charge in [-0.25, -0.2) is 14.8 Å². The van der Waals surface area contributed by atoms with E-state index in [0.29, 0.717) is 23.8 Å². The summed E-state index contributed by atoms with van der Waals surface area (Å²) in [4.78, 5) is 29.0. The molecule has 3 aromatic heterocycles. The van der Waals surface area contributed by atoms with Crippen molar-refractivity contribution in [2.75, 3.05) is 31.4 Å². The standard InChI is InChI=1S/C29H35N7O4S/c1-7-17-12-22-21(14-30-26(17)31-15-25(38-5)39-6)36-16-20(33-28(36)41-22)18-8-10-19(11-9-18)32-27(37)34-24-13-23(40-35-24)29(2,3)4/h8-11,13-14,16-17,25H,7,12,15H2,1-6H3,(H2,32,34,35,37). The first-order valence-corrected chi connectivity index (χ1v) is 14.3. The molecule has 216 valence electrons. The van der Waals surface area contributed by atoms with Crippen molar-refractivity contribution < 1.29 is 18.8 Å². The molecule has 11 nitrogen and oxygen atoms in total. The molecule has 41 heavy (non-hydrogen) atoms. The number of carbonyl (C=O) groups excluding carboxylic acids is 1. The molecular formula is C29H35N7O4S. The Morgan fingerprint density at radius 3 is 2.63 bits per heavy atom. The Kier molecular flexibility index (Phi) is 8.34. The monoisotopic (exact) mass is 577 g/mol. The SMILES string of the molecule is CCC1Cc2sc3nc(-c4ccc(NC(=O)Nc5cc(C(C)(C)C)on5)cc4)cn3c2C=NC1=NCC(OC)OC. The summed E-state index contributed by atoms with van der Waals surface area (Å²) >= 11 is 1.68. The number of hydrogen-bond donors (Lipinski definition) is 2. The lowest BCUT2D eigenvalue weighted by molar-refractivity contribution is -0.0937. The Bertz CT molecular complexity index is 1570. The molecule has 12 heteroatoms. The van der Waals surface area contributed by atoms with Crippen molar-refractivity contribution >= 4 is 45.9 Å². The van der Waals surface area contributed by atoms with Gasteiger partial charge in [-0.2, -0.15) is 0 Å². The normalized spacial score (nSPS) is 16.4. The number of thiazole rings is 1. The largest absolute Gasteiger partial charge is 0.359 e. The van der Waals surface area contributed by atoms with Gasteiger partial charge in [0.1, 0.15) is 11.6 Å². The highest BCUT2D eigenvalue weighted by Crippen LogP contribution is 2.31. The Balaban J connectivity index is 1.29. The number of rotatable bonds is 8. The number of amidine groups is 1. The molecule has 5 rings (SSSR count). The highest BCUT2D eigenvalue weighted by atomic mass is 32.1. The summed E-state index contributed by atoms with van der Waals surface area (Å²) in [5.74, 6) is 2.09. The first-order chi connectivity index (χ1) is 19.7. The third-order valence-corrected chi connectivity index (χ3v) is 7.99. The molecule has 1 aliphatic rings. The molecule has 0 saturated heterocycles. The number of amides is 2. The van der Waals surface area contributed by atoms with Crippen LogP contribution in [0.4, 0.5) is 16.3 Å². The van der Waals surface area contributed by atoms with Crippen molar-refractivity contribution in [3.05, 3.63) is 52.9 Å². The predicted octanol–water partition coefficient (Wildman–Crippen LogP) is 6.01. The number of anilines is 2.